The van der Waals surface area contributed by atoms with Crippen molar-refractivity contribution in [2.24, 2.45) is 11.3 Å². The number of aliphatic carboxylic acids is 1. The third kappa shape index (κ3) is 8.13. The van der Waals surface area contributed by atoms with E-state index in [1.165, 1.54) is 4.90 Å². The van der Waals surface area contributed by atoms with Crippen LogP contribution in [0.5, 0.6) is 0 Å². The fourth-order valence-corrected chi connectivity index (χ4v) is 5.47. The Bertz CT molecular complexity index is 859. The second-order valence-electron chi connectivity index (χ2n) is 12.5. The standard InChI is InChI=1S/C27H49N5O6/c1-17(2)21(15-29(6)16-22(34)32-14-18(33)13-20(32)26(37)38)31(8)25(36)23(27(3,4)5)28-24(35)19-11-9-10-12-30(19)7/h17-21,23,33H,9-16H2,1-8H3,(H,28,35)(H,37,38). The first kappa shape index (κ1) is 32.0. The summed E-state index contributed by atoms with van der Waals surface area (Å²) in [5, 5.41) is 22.4. The van der Waals surface area contributed by atoms with Crippen molar-refractivity contribution in [3.63, 3.8) is 0 Å². The predicted octanol–water partition coefficient (Wildman–Crippen LogP) is 0.463. The quantitative estimate of drug-likeness (QED) is 0.365. The number of carbonyl (C=O) groups is 4. The highest BCUT2D eigenvalue weighted by molar-refractivity contribution is 5.90. The van der Waals surface area contributed by atoms with Crippen molar-refractivity contribution < 1.29 is 29.4 Å². The summed E-state index contributed by atoms with van der Waals surface area (Å²) in [5.41, 5.74) is -0.514. The number of carbonyl (C=O) groups excluding carboxylic acids is 3. The molecule has 2 aliphatic rings. The van der Waals surface area contributed by atoms with E-state index in [1.54, 1.807) is 23.9 Å². The lowest BCUT2D eigenvalue weighted by Gasteiger charge is -2.40. The molecule has 38 heavy (non-hydrogen) atoms. The average molecular weight is 540 g/mol. The van der Waals surface area contributed by atoms with Crippen LogP contribution in [0.3, 0.4) is 0 Å². The number of nitrogens with one attached hydrogen (secondary N) is 1. The van der Waals surface area contributed by atoms with Gasteiger partial charge in [-0.15, -0.1) is 0 Å². The molecule has 11 nitrogen and oxygen atoms in total. The fourth-order valence-electron chi connectivity index (χ4n) is 5.47. The molecular formula is C27H49N5O6. The lowest BCUT2D eigenvalue weighted by atomic mass is 9.84. The topological polar surface area (TPSA) is 134 Å². The second kappa shape index (κ2) is 13.2. The summed E-state index contributed by atoms with van der Waals surface area (Å²) in [4.78, 5) is 58.1. The van der Waals surface area contributed by atoms with Gasteiger partial charge in [0.1, 0.15) is 12.1 Å². The molecule has 0 saturated carbocycles. The molecule has 5 unspecified atom stereocenters. The molecule has 2 aliphatic heterocycles. The van der Waals surface area contributed by atoms with Gasteiger partial charge in [0.2, 0.25) is 17.7 Å². The van der Waals surface area contributed by atoms with Gasteiger partial charge in [0.15, 0.2) is 0 Å². The van der Waals surface area contributed by atoms with E-state index < -0.39 is 29.6 Å². The van der Waals surface area contributed by atoms with Crippen LogP contribution in [0.2, 0.25) is 0 Å². The van der Waals surface area contributed by atoms with Crippen molar-refractivity contribution in [3.8, 4) is 0 Å². The van der Waals surface area contributed by atoms with Gasteiger partial charge >= 0.3 is 5.97 Å². The minimum Gasteiger partial charge on any atom is -0.480 e. The molecule has 2 fully saturated rings. The molecule has 11 heteroatoms. The summed E-state index contributed by atoms with van der Waals surface area (Å²) in [6.45, 7) is 11.0. The molecule has 0 aromatic rings. The van der Waals surface area contributed by atoms with Gasteiger partial charge in [-0.25, -0.2) is 4.79 Å². The van der Waals surface area contributed by atoms with E-state index in [0.29, 0.717) is 6.54 Å². The van der Waals surface area contributed by atoms with E-state index in [2.05, 4.69) is 5.32 Å². The highest BCUT2D eigenvalue weighted by atomic mass is 16.4. The van der Waals surface area contributed by atoms with Crippen molar-refractivity contribution in [1.29, 1.82) is 0 Å². The van der Waals surface area contributed by atoms with Crippen LogP contribution in [-0.4, -0.2) is 131 Å². The van der Waals surface area contributed by atoms with Crippen LogP contribution in [0.15, 0.2) is 0 Å². The Morgan fingerprint density at radius 1 is 1.08 bits per heavy atom. The summed E-state index contributed by atoms with van der Waals surface area (Å²) in [5.74, 6) is -1.75. The van der Waals surface area contributed by atoms with Crippen LogP contribution in [0.25, 0.3) is 0 Å². The number of β-amino-alcohol motifs (C(OH)–C–C–N with tert-alkyl or cyclic N) is 1. The molecule has 0 bridgehead atoms. The normalized spacial score (nSPS) is 24.4. The summed E-state index contributed by atoms with van der Waals surface area (Å²) < 4.78 is 0. The van der Waals surface area contributed by atoms with Crippen molar-refractivity contribution in [2.45, 2.75) is 90.6 Å². The van der Waals surface area contributed by atoms with E-state index in [4.69, 9.17) is 0 Å². The third-order valence-corrected chi connectivity index (χ3v) is 7.88. The number of hydrogen-bond donors (Lipinski definition) is 3. The van der Waals surface area contributed by atoms with E-state index in [-0.39, 0.29) is 55.2 Å². The molecule has 3 amide bonds. The van der Waals surface area contributed by atoms with E-state index in [9.17, 15) is 29.4 Å². The second-order valence-corrected chi connectivity index (χ2v) is 12.5. The van der Waals surface area contributed by atoms with Crippen LogP contribution >= 0.6 is 0 Å². The zero-order valence-corrected chi connectivity index (χ0v) is 24.4. The lowest BCUT2D eigenvalue weighted by Crippen LogP contribution is -2.60. The van der Waals surface area contributed by atoms with Crippen LogP contribution < -0.4 is 5.32 Å². The number of nitrogens with zero attached hydrogens (tertiary/aromatic N) is 4. The molecule has 5 atom stereocenters. The van der Waals surface area contributed by atoms with Gasteiger partial charge in [-0.05, 0) is 44.8 Å². The summed E-state index contributed by atoms with van der Waals surface area (Å²) in [7, 11) is 5.43. The summed E-state index contributed by atoms with van der Waals surface area (Å²) in [6.07, 6.45) is 1.99. The SMILES string of the molecule is CC(C)C(CN(C)CC(=O)N1CC(O)CC1C(=O)O)N(C)C(=O)C(NC(=O)C1CCCCN1C)C(C)(C)C. The summed E-state index contributed by atoms with van der Waals surface area (Å²) in [6, 6.07) is -2.25. The van der Waals surface area contributed by atoms with Gasteiger partial charge in [0, 0.05) is 32.6 Å². The number of carboxylic acid groups (broad SMARTS) is 1. The monoisotopic (exact) mass is 539 g/mol. The predicted molar refractivity (Wildman–Crippen MR) is 144 cm³/mol. The molecule has 218 valence electrons. The van der Waals surface area contributed by atoms with E-state index in [0.717, 1.165) is 25.8 Å². The minimum absolute atomic E-state index is 0.00121. The number of hydrogen-bond acceptors (Lipinski definition) is 7. The summed E-state index contributed by atoms with van der Waals surface area (Å²) >= 11 is 0. The molecular weight excluding hydrogens is 490 g/mol. The zero-order chi connectivity index (χ0) is 28.9. The van der Waals surface area contributed by atoms with Crippen LogP contribution in [0.4, 0.5) is 0 Å². The van der Waals surface area contributed by atoms with Crippen molar-refractivity contribution in [2.75, 3.05) is 47.3 Å². The Morgan fingerprint density at radius 2 is 1.71 bits per heavy atom. The van der Waals surface area contributed by atoms with Crippen LogP contribution in [-0.2, 0) is 19.2 Å². The molecule has 0 spiro atoms. The van der Waals surface area contributed by atoms with Gasteiger partial charge in [-0.1, -0.05) is 41.0 Å². The molecule has 3 N–H and O–H groups in total. The van der Waals surface area contributed by atoms with Crippen LogP contribution in [0.1, 0.15) is 60.3 Å². The average Bonchev–Trinajstić information content (AvgIpc) is 3.21. The molecule has 0 aromatic heterocycles. The number of likely N-dealkylation sites (N-methyl/N-ethyl adjacent to an activating group) is 3. The van der Waals surface area contributed by atoms with Crippen molar-refractivity contribution in [1.82, 2.24) is 24.9 Å². The number of carboxylic acids is 1. The number of aliphatic hydroxyl groups is 1. The Balaban J connectivity index is 2.11. The zero-order valence-electron chi connectivity index (χ0n) is 24.4. The van der Waals surface area contributed by atoms with Gasteiger partial charge < -0.3 is 25.3 Å². The van der Waals surface area contributed by atoms with E-state index in [1.807, 2.05) is 46.6 Å². The molecule has 2 heterocycles. The molecule has 0 aromatic carbocycles. The Labute approximate surface area is 227 Å². The number of piperidine rings is 1. The number of aliphatic hydroxyl groups excluding tert-OH is 1. The Morgan fingerprint density at radius 3 is 2.24 bits per heavy atom. The highest BCUT2D eigenvalue weighted by Crippen LogP contribution is 2.25. The third-order valence-electron chi connectivity index (χ3n) is 7.88. The van der Waals surface area contributed by atoms with Crippen molar-refractivity contribution in [3.05, 3.63) is 0 Å². The maximum atomic E-state index is 13.8. The first-order valence-electron chi connectivity index (χ1n) is 13.7. The Kier molecular flexibility index (Phi) is 11.1. The number of amides is 3. The molecule has 0 aliphatic carbocycles. The Hall–Kier alpha value is -2.24. The number of rotatable bonds is 10. The van der Waals surface area contributed by atoms with Gasteiger partial charge in [-0.3, -0.25) is 24.2 Å². The van der Waals surface area contributed by atoms with E-state index >= 15 is 0 Å². The maximum absolute atomic E-state index is 13.8. The minimum atomic E-state index is -1.13. The van der Waals surface area contributed by atoms with Gasteiger partial charge in [0.25, 0.3) is 0 Å². The first-order valence-corrected chi connectivity index (χ1v) is 13.7. The maximum Gasteiger partial charge on any atom is 0.326 e. The smallest absolute Gasteiger partial charge is 0.326 e. The van der Waals surface area contributed by atoms with Crippen LogP contribution in [0, 0.1) is 11.3 Å². The largest absolute Gasteiger partial charge is 0.480 e. The van der Waals surface area contributed by atoms with Crippen molar-refractivity contribution >= 4 is 23.7 Å². The van der Waals surface area contributed by atoms with Gasteiger partial charge in [-0.2, -0.15) is 0 Å². The molecule has 0 radical (unpaired) electrons. The first-order chi connectivity index (χ1) is 17.5. The molecule has 2 saturated heterocycles. The van der Waals surface area contributed by atoms with Gasteiger partial charge in [0.05, 0.1) is 18.7 Å². The lowest BCUT2D eigenvalue weighted by molar-refractivity contribution is -0.148. The number of likely N-dealkylation sites (tertiary alicyclic amines) is 2. The fraction of sp³-hybridized carbons (Fsp3) is 0.852. The highest BCUT2D eigenvalue weighted by Gasteiger charge is 2.41. The molecule has 2 rings (SSSR count).